The molecule has 2 rings (SSSR count). The zero-order valence-electron chi connectivity index (χ0n) is 16.9. The zero-order valence-corrected chi connectivity index (χ0v) is 16.9. The van der Waals surface area contributed by atoms with Gasteiger partial charge >= 0.3 is 12.1 Å². The van der Waals surface area contributed by atoms with Gasteiger partial charge in [-0.15, -0.1) is 0 Å². The summed E-state index contributed by atoms with van der Waals surface area (Å²) in [5.41, 5.74) is -1.63. The van der Waals surface area contributed by atoms with Crippen molar-refractivity contribution in [2.24, 2.45) is 11.8 Å². The standard InChI is InChI=1S/C19H24F3N3O5/c1-11(2)16(18(27)30-3)23-17(26)12-6-8-24(9-7-12)14-5-4-13(19(20,21)22)10-15(14)25(28)29/h4-5,10-12,16H,6-9H2,1-3H3,(H,23,26). The molecule has 1 heterocycles. The second kappa shape index (κ2) is 9.31. The molecule has 11 heteroatoms. The molecule has 0 spiro atoms. The van der Waals surface area contributed by atoms with Crippen LogP contribution in [0.1, 0.15) is 32.3 Å². The molecule has 1 aromatic rings. The largest absolute Gasteiger partial charge is 0.467 e. The molecular weight excluding hydrogens is 407 g/mol. The molecule has 1 fully saturated rings. The molecule has 1 N–H and O–H groups in total. The Hall–Kier alpha value is -2.85. The van der Waals surface area contributed by atoms with Crippen molar-refractivity contribution >= 4 is 23.3 Å². The fraction of sp³-hybridized carbons (Fsp3) is 0.579. The van der Waals surface area contributed by atoms with E-state index in [1.807, 2.05) is 0 Å². The fourth-order valence-electron chi connectivity index (χ4n) is 3.39. The van der Waals surface area contributed by atoms with Gasteiger partial charge in [-0.3, -0.25) is 14.9 Å². The third-order valence-electron chi connectivity index (χ3n) is 5.13. The van der Waals surface area contributed by atoms with Gasteiger partial charge in [-0.05, 0) is 30.9 Å². The van der Waals surface area contributed by atoms with Crippen molar-refractivity contribution in [3.8, 4) is 0 Å². The summed E-state index contributed by atoms with van der Waals surface area (Å²) in [5.74, 6) is -1.45. The van der Waals surface area contributed by atoms with Crippen molar-refractivity contribution in [1.82, 2.24) is 5.32 Å². The second-order valence-corrected chi connectivity index (χ2v) is 7.47. The van der Waals surface area contributed by atoms with Gasteiger partial charge in [0.25, 0.3) is 5.69 Å². The predicted molar refractivity (Wildman–Crippen MR) is 102 cm³/mol. The van der Waals surface area contributed by atoms with E-state index in [0.717, 1.165) is 12.1 Å². The van der Waals surface area contributed by atoms with Gasteiger partial charge in [-0.2, -0.15) is 13.2 Å². The lowest BCUT2D eigenvalue weighted by molar-refractivity contribution is -0.384. The third-order valence-corrected chi connectivity index (χ3v) is 5.13. The molecule has 30 heavy (non-hydrogen) atoms. The van der Waals surface area contributed by atoms with Crippen LogP contribution in [0.2, 0.25) is 0 Å². The molecule has 0 saturated carbocycles. The fourth-order valence-corrected chi connectivity index (χ4v) is 3.39. The van der Waals surface area contributed by atoms with Crippen LogP contribution >= 0.6 is 0 Å². The minimum absolute atomic E-state index is 0.0847. The Balaban J connectivity index is 2.09. The van der Waals surface area contributed by atoms with E-state index in [9.17, 15) is 32.9 Å². The van der Waals surface area contributed by atoms with Crippen molar-refractivity contribution in [1.29, 1.82) is 0 Å². The number of nitro benzene ring substituents is 1. The van der Waals surface area contributed by atoms with Gasteiger partial charge in [0.1, 0.15) is 11.7 Å². The SMILES string of the molecule is COC(=O)C(NC(=O)C1CCN(c2ccc(C(F)(F)F)cc2[N+](=O)[O-])CC1)C(C)C. The van der Waals surface area contributed by atoms with Gasteiger partial charge < -0.3 is 15.0 Å². The van der Waals surface area contributed by atoms with E-state index in [4.69, 9.17) is 4.74 Å². The van der Waals surface area contributed by atoms with Gasteiger partial charge in [0.15, 0.2) is 0 Å². The van der Waals surface area contributed by atoms with Crippen molar-refractivity contribution in [3.05, 3.63) is 33.9 Å². The highest BCUT2D eigenvalue weighted by Crippen LogP contribution is 2.37. The Morgan fingerprint density at radius 1 is 1.27 bits per heavy atom. The molecule has 1 aromatic carbocycles. The molecule has 166 valence electrons. The Bertz CT molecular complexity index is 805. The Morgan fingerprint density at radius 2 is 1.87 bits per heavy atom. The topological polar surface area (TPSA) is 102 Å². The number of alkyl halides is 3. The molecule has 1 atom stereocenters. The van der Waals surface area contributed by atoms with Crippen molar-refractivity contribution in [3.63, 3.8) is 0 Å². The molecule has 0 aromatic heterocycles. The van der Waals surface area contributed by atoms with Crippen LogP contribution in [-0.4, -0.2) is 43.0 Å². The summed E-state index contributed by atoms with van der Waals surface area (Å²) in [6.07, 6.45) is -3.99. The minimum Gasteiger partial charge on any atom is -0.467 e. The maximum Gasteiger partial charge on any atom is 0.416 e. The number of amides is 1. The lowest BCUT2D eigenvalue weighted by Gasteiger charge is -2.33. The highest BCUT2D eigenvalue weighted by atomic mass is 19.4. The van der Waals surface area contributed by atoms with Crippen LogP contribution in [0, 0.1) is 22.0 Å². The van der Waals surface area contributed by atoms with Crippen molar-refractivity contribution < 1.29 is 32.4 Å². The molecule has 0 radical (unpaired) electrons. The van der Waals surface area contributed by atoms with E-state index >= 15 is 0 Å². The van der Waals surface area contributed by atoms with Crippen LogP contribution in [0.5, 0.6) is 0 Å². The van der Waals surface area contributed by atoms with Crippen LogP contribution in [0.4, 0.5) is 24.5 Å². The molecule has 1 aliphatic rings. The summed E-state index contributed by atoms with van der Waals surface area (Å²) in [6, 6.07) is 1.65. The minimum atomic E-state index is -4.68. The lowest BCUT2D eigenvalue weighted by Crippen LogP contribution is -2.49. The zero-order chi connectivity index (χ0) is 22.6. The normalized spacial score (nSPS) is 16.3. The van der Waals surface area contributed by atoms with Crippen LogP contribution in [0.25, 0.3) is 0 Å². The van der Waals surface area contributed by atoms with E-state index in [0.29, 0.717) is 18.9 Å². The number of halogens is 3. The summed E-state index contributed by atoms with van der Waals surface area (Å²) in [4.78, 5) is 36.4. The number of methoxy groups -OCH3 is 1. The number of nitrogens with zero attached hydrogens (tertiary/aromatic N) is 2. The van der Waals surface area contributed by atoms with E-state index in [2.05, 4.69) is 5.32 Å². The van der Waals surface area contributed by atoms with E-state index in [1.54, 1.807) is 18.7 Å². The first-order valence-corrected chi connectivity index (χ1v) is 9.44. The van der Waals surface area contributed by atoms with Crippen LogP contribution in [-0.2, 0) is 20.5 Å². The number of hydrogen-bond acceptors (Lipinski definition) is 6. The number of hydrogen-bond donors (Lipinski definition) is 1. The number of carbonyl (C=O) groups excluding carboxylic acids is 2. The number of nitro groups is 1. The maximum absolute atomic E-state index is 12.9. The van der Waals surface area contributed by atoms with Crippen LogP contribution in [0.3, 0.4) is 0 Å². The number of nitrogens with one attached hydrogen (secondary N) is 1. The number of anilines is 1. The second-order valence-electron chi connectivity index (χ2n) is 7.47. The van der Waals surface area contributed by atoms with E-state index in [-0.39, 0.29) is 30.6 Å². The molecule has 1 unspecified atom stereocenters. The highest BCUT2D eigenvalue weighted by Gasteiger charge is 2.35. The van der Waals surface area contributed by atoms with Gasteiger partial charge in [-0.1, -0.05) is 13.8 Å². The lowest BCUT2D eigenvalue weighted by atomic mass is 9.94. The summed E-state index contributed by atoms with van der Waals surface area (Å²) in [6.45, 7) is 4.06. The average Bonchev–Trinajstić information content (AvgIpc) is 2.70. The number of carbonyl (C=O) groups is 2. The molecule has 0 aliphatic carbocycles. The molecule has 0 bridgehead atoms. The summed E-state index contributed by atoms with van der Waals surface area (Å²) in [5, 5.41) is 14.0. The van der Waals surface area contributed by atoms with Crippen LogP contribution < -0.4 is 10.2 Å². The third kappa shape index (κ3) is 5.39. The maximum atomic E-state index is 12.9. The average molecular weight is 431 g/mol. The predicted octanol–water partition coefficient (Wildman–Crippen LogP) is 3.14. The summed E-state index contributed by atoms with van der Waals surface area (Å²) >= 11 is 0. The summed E-state index contributed by atoms with van der Waals surface area (Å²) in [7, 11) is 1.24. The van der Waals surface area contributed by atoms with E-state index in [1.165, 1.54) is 7.11 Å². The van der Waals surface area contributed by atoms with Gasteiger partial charge in [0, 0.05) is 25.1 Å². The summed E-state index contributed by atoms with van der Waals surface area (Å²) < 4.78 is 43.3. The number of piperidine rings is 1. The monoisotopic (exact) mass is 431 g/mol. The molecule has 1 saturated heterocycles. The Morgan fingerprint density at radius 3 is 2.33 bits per heavy atom. The highest BCUT2D eigenvalue weighted by molar-refractivity contribution is 5.86. The van der Waals surface area contributed by atoms with Crippen molar-refractivity contribution in [2.45, 2.75) is 38.9 Å². The van der Waals surface area contributed by atoms with Gasteiger partial charge in [-0.25, -0.2) is 4.79 Å². The van der Waals surface area contributed by atoms with Gasteiger partial charge in [0.2, 0.25) is 5.91 Å². The quantitative estimate of drug-likeness (QED) is 0.422. The van der Waals surface area contributed by atoms with Gasteiger partial charge in [0.05, 0.1) is 17.6 Å². The first kappa shape index (κ1) is 23.4. The first-order chi connectivity index (χ1) is 14.0. The molecular formula is C19H24F3N3O5. The first-order valence-electron chi connectivity index (χ1n) is 9.44. The molecule has 1 aliphatic heterocycles. The smallest absolute Gasteiger partial charge is 0.416 e. The van der Waals surface area contributed by atoms with E-state index < -0.39 is 40.3 Å². The molecule has 8 nitrogen and oxygen atoms in total. The number of ether oxygens (including phenoxy) is 1. The Labute approximate surface area is 171 Å². The molecule has 1 amide bonds. The number of benzene rings is 1. The number of esters is 1. The Kier molecular flexibility index (Phi) is 7.27. The van der Waals surface area contributed by atoms with Crippen molar-refractivity contribution in [2.75, 3.05) is 25.1 Å². The van der Waals surface area contributed by atoms with Crippen LogP contribution in [0.15, 0.2) is 18.2 Å². The number of rotatable bonds is 6.